The molecule has 0 aliphatic carbocycles. The lowest BCUT2D eigenvalue weighted by Crippen LogP contribution is -2.42. The third kappa shape index (κ3) is 4.79. The molecule has 0 bridgehead atoms. The number of anilines is 1. The van der Waals surface area contributed by atoms with Crippen molar-refractivity contribution in [3.8, 4) is 0 Å². The van der Waals surface area contributed by atoms with Crippen LogP contribution in [0.2, 0.25) is 0 Å². The van der Waals surface area contributed by atoms with E-state index in [-0.39, 0.29) is 5.82 Å². The standard InChI is InChI=1S/C20H26FN3/c1-23(20-8-6-19(21)7-9-20)13-10-17-2-4-18(5-3-17)16-24-14-11-22-12-15-24/h2-9,22H,10-16H2,1H3. The number of benzene rings is 2. The van der Waals surface area contributed by atoms with Crippen molar-refractivity contribution in [3.05, 3.63) is 65.5 Å². The number of nitrogens with zero attached hydrogens (tertiary/aromatic N) is 2. The molecule has 24 heavy (non-hydrogen) atoms. The summed E-state index contributed by atoms with van der Waals surface area (Å²) in [7, 11) is 2.05. The molecule has 0 atom stereocenters. The normalized spacial score (nSPS) is 15.4. The summed E-state index contributed by atoms with van der Waals surface area (Å²) in [6, 6.07) is 15.6. The lowest BCUT2D eigenvalue weighted by atomic mass is 10.1. The molecule has 1 aliphatic rings. The van der Waals surface area contributed by atoms with Crippen LogP contribution in [0.15, 0.2) is 48.5 Å². The first-order chi connectivity index (χ1) is 11.7. The zero-order valence-corrected chi connectivity index (χ0v) is 14.3. The summed E-state index contributed by atoms with van der Waals surface area (Å²) >= 11 is 0. The SMILES string of the molecule is CN(CCc1ccc(CN2CCNCC2)cc1)c1ccc(F)cc1. The molecule has 1 N–H and O–H groups in total. The molecule has 1 fully saturated rings. The van der Waals surface area contributed by atoms with Gasteiger partial charge in [-0.15, -0.1) is 0 Å². The maximum atomic E-state index is 13.0. The molecule has 3 rings (SSSR count). The van der Waals surface area contributed by atoms with E-state index < -0.39 is 0 Å². The Balaban J connectivity index is 1.49. The summed E-state index contributed by atoms with van der Waals surface area (Å²) < 4.78 is 13.0. The Labute approximate surface area is 144 Å². The van der Waals surface area contributed by atoms with Crippen LogP contribution < -0.4 is 10.2 Å². The summed E-state index contributed by atoms with van der Waals surface area (Å²) in [5.74, 6) is -0.188. The largest absolute Gasteiger partial charge is 0.374 e. The van der Waals surface area contributed by atoms with Gasteiger partial charge in [-0.05, 0) is 41.8 Å². The third-order valence-electron chi connectivity index (χ3n) is 4.64. The molecule has 0 unspecified atom stereocenters. The summed E-state index contributed by atoms with van der Waals surface area (Å²) in [4.78, 5) is 4.65. The van der Waals surface area contributed by atoms with Crippen LogP contribution in [0.3, 0.4) is 0 Å². The first kappa shape index (κ1) is 16.9. The van der Waals surface area contributed by atoms with E-state index in [2.05, 4.69) is 39.4 Å². The number of rotatable bonds is 6. The van der Waals surface area contributed by atoms with Gasteiger partial charge in [-0.25, -0.2) is 4.39 Å². The number of halogens is 1. The zero-order chi connectivity index (χ0) is 16.8. The first-order valence-corrected chi connectivity index (χ1v) is 8.68. The van der Waals surface area contributed by atoms with Gasteiger partial charge in [0.2, 0.25) is 0 Å². The van der Waals surface area contributed by atoms with Gasteiger partial charge in [-0.2, -0.15) is 0 Å². The van der Waals surface area contributed by atoms with Crippen LogP contribution in [-0.4, -0.2) is 44.7 Å². The third-order valence-corrected chi connectivity index (χ3v) is 4.64. The summed E-state index contributed by atoms with van der Waals surface area (Å²) in [6.45, 7) is 6.40. The quantitative estimate of drug-likeness (QED) is 0.880. The predicted octanol–water partition coefficient (Wildman–Crippen LogP) is 2.91. The molecule has 0 spiro atoms. The molecule has 0 aromatic heterocycles. The molecule has 1 saturated heterocycles. The summed E-state index contributed by atoms with van der Waals surface area (Å²) in [5, 5.41) is 3.39. The highest BCUT2D eigenvalue weighted by Gasteiger charge is 2.09. The van der Waals surface area contributed by atoms with Gasteiger partial charge in [0.1, 0.15) is 5.82 Å². The van der Waals surface area contributed by atoms with Gasteiger partial charge in [0, 0.05) is 52.0 Å². The molecule has 0 radical (unpaired) electrons. The van der Waals surface area contributed by atoms with Crippen molar-refractivity contribution in [2.24, 2.45) is 0 Å². The van der Waals surface area contributed by atoms with E-state index in [4.69, 9.17) is 0 Å². The van der Waals surface area contributed by atoms with Gasteiger partial charge < -0.3 is 10.2 Å². The number of hydrogen-bond acceptors (Lipinski definition) is 3. The number of hydrogen-bond donors (Lipinski definition) is 1. The van der Waals surface area contributed by atoms with E-state index in [0.717, 1.165) is 51.4 Å². The highest BCUT2D eigenvalue weighted by Crippen LogP contribution is 2.14. The van der Waals surface area contributed by atoms with Crippen molar-refractivity contribution in [2.75, 3.05) is 44.7 Å². The number of nitrogens with one attached hydrogen (secondary N) is 1. The van der Waals surface area contributed by atoms with E-state index in [1.54, 1.807) is 0 Å². The zero-order valence-electron chi connectivity index (χ0n) is 14.3. The molecule has 0 saturated carbocycles. The molecule has 2 aromatic rings. The van der Waals surface area contributed by atoms with Gasteiger partial charge in [-0.3, -0.25) is 4.90 Å². The minimum atomic E-state index is -0.188. The fraction of sp³-hybridized carbons (Fsp3) is 0.400. The van der Waals surface area contributed by atoms with Crippen molar-refractivity contribution in [1.82, 2.24) is 10.2 Å². The van der Waals surface area contributed by atoms with Crippen LogP contribution >= 0.6 is 0 Å². The first-order valence-electron chi connectivity index (χ1n) is 8.68. The fourth-order valence-electron chi connectivity index (χ4n) is 3.06. The van der Waals surface area contributed by atoms with Crippen LogP contribution in [0.25, 0.3) is 0 Å². The van der Waals surface area contributed by atoms with Crippen molar-refractivity contribution in [1.29, 1.82) is 0 Å². The van der Waals surface area contributed by atoms with Gasteiger partial charge >= 0.3 is 0 Å². The predicted molar refractivity (Wildman–Crippen MR) is 98.0 cm³/mol. The molecular formula is C20H26FN3. The van der Waals surface area contributed by atoms with E-state index >= 15 is 0 Å². The maximum absolute atomic E-state index is 13.0. The van der Waals surface area contributed by atoms with Gasteiger partial charge in [-0.1, -0.05) is 24.3 Å². The van der Waals surface area contributed by atoms with E-state index in [9.17, 15) is 4.39 Å². The Hall–Kier alpha value is -1.91. The van der Waals surface area contributed by atoms with Crippen molar-refractivity contribution in [3.63, 3.8) is 0 Å². The second-order valence-electron chi connectivity index (χ2n) is 6.49. The summed E-state index contributed by atoms with van der Waals surface area (Å²) in [6.07, 6.45) is 0.988. The second kappa shape index (κ2) is 8.27. The topological polar surface area (TPSA) is 18.5 Å². The monoisotopic (exact) mass is 327 g/mol. The van der Waals surface area contributed by atoms with Gasteiger partial charge in [0.05, 0.1) is 0 Å². The lowest BCUT2D eigenvalue weighted by molar-refractivity contribution is 0.233. The Morgan fingerprint density at radius 1 is 0.958 bits per heavy atom. The Kier molecular flexibility index (Phi) is 5.83. The van der Waals surface area contributed by atoms with E-state index in [0.29, 0.717) is 0 Å². The molecule has 1 heterocycles. The van der Waals surface area contributed by atoms with Crippen molar-refractivity contribution < 1.29 is 4.39 Å². The maximum Gasteiger partial charge on any atom is 0.123 e. The highest BCUT2D eigenvalue weighted by atomic mass is 19.1. The molecule has 4 heteroatoms. The fourth-order valence-corrected chi connectivity index (χ4v) is 3.06. The van der Waals surface area contributed by atoms with Gasteiger partial charge in [0.25, 0.3) is 0 Å². The molecule has 2 aromatic carbocycles. The Morgan fingerprint density at radius 3 is 2.25 bits per heavy atom. The van der Waals surface area contributed by atoms with Crippen LogP contribution in [0, 0.1) is 5.82 Å². The van der Waals surface area contributed by atoms with Gasteiger partial charge in [0.15, 0.2) is 0 Å². The van der Waals surface area contributed by atoms with E-state index in [1.807, 2.05) is 19.2 Å². The molecule has 3 nitrogen and oxygen atoms in total. The van der Waals surface area contributed by atoms with Crippen LogP contribution in [0.1, 0.15) is 11.1 Å². The minimum Gasteiger partial charge on any atom is -0.374 e. The molecule has 0 amide bonds. The minimum absolute atomic E-state index is 0.188. The van der Waals surface area contributed by atoms with Crippen LogP contribution in [0.4, 0.5) is 10.1 Å². The van der Waals surface area contributed by atoms with Crippen LogP contribution in [-0.2, 0) is 13.0 Å². The number of piperazine rings is 1. The average Bonchev–Trinajstić information content (AvgIpc) is 2.62. The lowest BCUT2D eigenvalue weighted by Gasteiger charge is -2.27. The Bertz CT molecular complexity index is 618. The molecule has 1 aliphatic heterocycles. The summed E-state index contributed by atoms with van der Waals surface area (Å²) in [5.41, 5.74) is 3.77. The van der Waals surface area contributed by atoms with E-state index in [1.165, 1.54) is 23.3 Å². The van der Waals surface area contributed by atoms with Crippen molar-refractivity contribution >= 4 is 5.69 Å². The molecular weight excluding hydrogens is 301 g/mol. The second-order valence-corrected chi connectivity index (χ2v) is 6.49. The highest BCUT2D eigenvalue weighted by molar-refractivity contribution is 5.45. The smallest absolute Gasteiger partial charge is 0.123 e. The average molecular weight is 327 g/mol. The van der Waals surface area contributed by atoms with Crippen molar-refractivity contribution in [2.45, 2.75) is 13.0 Å². The number of likely N-dealkylation sites (N-methyl/N-ethyl adjacent to an activating group) is 1. The van der Waals surface area contributed by atoms with Crippen LogP contribution in [0.5, 0.6) is 0 Å². The molecule has 128 valence electrons. The Morgan fingerprint density at radius 2 is 1.58 bits per heavy atom.